The smallest absolute Gasteiger partial charge is 0.257 e. The number of ether oxygens (including phenoxy) is 1. The van der Waals surface area contributed by atoms with Crippen molar-refractivity contribution >= 4 is 5.91 Å². The summed E-state index contributed by atoms with van der Waals surface area (Å²) in [5, 5.41) is 4.37. The Kier molecular flexibility index (Phi) is 5.24. The van der Waals surface area contributed by atoms with E-state index in [2.05, 4.69) is 15.1 Å². The fourth-order valence-electron chi connectivity index (χ4n) is 3.50. The molecule has 0 saturated carbocycles. The first kappa shape index (κ1) is 19.0. The lowest BCUT2D eigenvalue weighted by molar-refractivity contribution is 0.0769. The molecule has 0 N–H and O–H groups in total. The Morgan fingerprint density at radius 1 is 1.28 bits per heavy atom. The first-order chi connectivity index (χ1) is 14.1. The van der Waals surface area contributed by atoms with Gasteiger partial charge in [0.05, 0.1) is 35.4 Å². The van der Waals surface area contributed by atoms with Crippen molar-refractivity contribution < 1.29 is 13.9 Å². The lowest BCUT2D eigenvalue weighted by Gasteiger charge is -2.17. The Morgan fingerprint density at radius 3 is 2.83 bits per heavy atom. The SMILES string of the molecule is CCc1ncnc(O[C@H]2CCN(C(=O)c3cnn(-c4ccccc4)c3C)C2)c1F. The van der Waals surface area contributed by atoms with Crippen LogP contribution in [0.4, 0.5) is 4.39 Å². The molecule has 0 aliphatic carbocycles. The summed E-state index contributed by atoms with van der Waals surface area (Å²) in [4.78, 5) is 22.5. The van der Waals surface area contributed by atoms with Gasteiger partial charge in [0.25, 0.3) is 11.8 Å². The molecule has 150 valence electrons. The molecule has 0 spiro atoms. The third-order valence-electron chi connectivity index (χ3n) is 5.12. The first-order valence-electron chi connectivity index (χ1n) is 9.63. The monoisotopic (exact) mass is 395 g/mol. The van der Waals surface area contributed by atoms with Gasteiger partial charge < -0.3 is 9.64 Å². The molecule has 1 aliphatic rings. The Bertz CT molecular complexity index is 1020. The van der Waals surface area contributed by atoms with Crippen molar-refractivity contribution in [1.82, 2.24) is 24.6 Å². The highest BCUT2D eigenvalue weighted by molar-refractivity contribution is 5.95. The normalized spacial score (nSPS) is 16.2. The third kappa shape index (κ3) is 3.70. The second kappa shape index (κ2) is 7.98. The Morgan fingerprint density at radius 2 is 2.07 bits per heavy atom. The number of para-hydroxylation sites is 1. The zero-order valence-corrected chi connectivity index (χ0v) is 16.4. The molecule has 3 aromatic rings. The summed E-state index contributed by atoms with van der Waals surface area (Å²) in [6.07, 6.45) is 3.66. The summed E-state index contributed by atoms with van der Waals surface area (Å²) in [6.45, 7) is 4.61. The number of carbonyl (C=O) groups is 1. The zero-order valence-electron chi connectivity index (χ0n) is 16.4. The summed E-state index contributed by atoms with van der Waals surface area (Å²) >= 11 is 0. The van der Waals surface area contributed by atoms with Gasteiger partial charge in [-0.05, 0) is 25.5 Å². The Labute approximate surface area is 168 Å². The highest BCUT2D eigenvalue weighted by Gasteiger charge is 2.31. The number of likely N-dealkylation sites (tertiary alicyclic amines) is 1. The minimum atomic E-state index is -0.528. The molecular weight excluding hydrogens is 373 g/mol. The van der Waals surface area contributed by atoms with E-state index in [0.29, 0.717) is 37.2 Å². The summed E-state index contributed by atoms with van der Waals surface area (Å²) in [5.41, 5.74) is 2.55. The number of benzene rings is 1. The molecule has 1 aromatic carbocycles. The van der Waals surface area contributed by atoms with Crippen LogP contribution in [0.2, 0.25) is 0 Å². The average Bonchev–Trinajstić information content (AvgIpc) is 3.36. The topological polar surface area (TPSA) is 73.1 Å². The van der Waals surface area contributed by atoms with E-state index < -0.39 is 5.82 Å². The van der Waals surface area contributed by atoms with E-state index in [0.717, 1.165) is 11.4 Å². The number of nitrogens with zero attached hydrogens (tertiary/aromatic N) is 5. The average molecular weight is 395 g/mol. The minimum absolute atomic E-state index is 0.0516. The van der Waals surface area contributed by atoms with Crippen LogP contribution in [0, 0.1) is 12.7 Å². The van der Waals surface area contributed by atoms with Gasteiger partial charge in [-0.15, -0.1) is 0 Å². The first-order valence-corrected chi connectivity index (χ1v) is 9.63. The van der Waals surface area contributed by atoms with Gasteiger partial charge in [-0.3, -0.25) is 4.79 Å². The molecule has 1 amide bonds. The lowest BCUT2D eigenvalue weighted by Crippen LogP contribution is -2.31. The second-order valence-corrected chi connectivity index (χ2v) is 6.96. The minimum Gasteiger partial charge on any atom is -0.470 e. The number of amides is 1. The van der Waals surface area contributed by atoms with Crippen LogP contribution in [0.3, 0.4) is 0 Å². The predicted octanol–water partition coefficient (Wildman–Crippen LogP) is 2.97. The summed E-state index contributed by atoms with van der Waals surface area (Å²) in [5.74, 6) is -0.683. The number of hydrogen-bond donors (Lipinski definition) is 0. The molecular formula is C21H22FN5O2. The summed E-state index contributed by atoms with van der Waals surface area (Å²) < 4.78 is 21.8. The quantitative estimate of drug-likeness (QED) is 0.664. The van der Waals surface area contributed by atoms with Gasteiger partial charge in [-0.2, -0.15) is 14.5 Å². The highest BCUT2D eigenvalue weighted by atomic mass is 19.1. The number of hydrogen-bond acceptors (Lipinski definition) is 5. The molecule has 0 radical (unpaired) electrons. The van der Waals surface area contributed by atoms with E-state index in [4.69, 9.17) is 4.74 Å². The second-order valence-electron chi connectivity index (χ2n) is 6.96. The van der Waals surface area contributed by atoms with Crippen molar-refractivity contribution in [3.8, 4) is 11.6 Å². The Hall–Kier alpha value is -3.29. The van der Waals surface area contributed by atoms with Crippen molar-refractivity contribution in [3.63, 3.8) is 0 Å². The molecule has 3 heterocycles. The van der Waals surface area contributed by atoms with Gasteiger partial charge in [0.15, 0.2) is 0 Å². The molecule has 1 saturated heterocycles. The van der Waals surface area contributed by atoms with Gasteiger partial charge in [-0.25, -0.2) is 9.67 Å². The van der Waals surface area contributed by atoms with E-state index in [9.17, 15) is 9.18 Å². The molecule has 7 nitrogen and oxygen atoms in total. The van der Waals surface area contributed by atoms with Crippen LogP contribution in [0.15, 0.2) is 42.9 Å². The van der Waals surface area contributed by atoms with Crippen LogP contribution in [-0.4, -0.2) is 49.7 Å². The van der Waals surface area contributed by atoms with Gasteiger partial charge in [-0.1, -0.05) is 25.1 Å². The summed E-state index contributed by atoms with van der Waals surface area (Å²) in [7, 11) is 0. The number of aryl methyl sites for hydroxylation is 1. The standard InChI is InChI=1S/C21H22FN5O2/c1-3-18-19(22)20(24-13-23-18)29-16-9-10-26(12-16)21(28)17-11-25-27(14(17)2)15-7-5-4-6-8-15/h4-8,11,13,16H,3,9-10,12H2,1-2H3/t16-/m0/s1. The molecule has 29 heavy (non-hydrogen) atoms. The number of rotatable bonds is 5. The van der Waals surface area contributed by atoms with E-state index >= 15 is 0 Å². The van der Waals surface area contributed by atoms with Crippen molar-refractivity contribution in [2.45, 2.75) is 32.8 Å². The molecule has 2 aromatic heterocycles. The maximum absolute atomic E-state index is 14.3. The molecule has 4 rings (SSSR count). The van der Waals surface area contributed by atoms with Gasteiger partial charge >= 0.3 is 0 Å². The molecule has 1 aliphatic heterocycles. The van der Waals surface area contributed by atoms with Crippen LogP contribution in [0.25, 0.3) is 5.69 Å². The van der Waals surface area contributed by atoms with E-state index in [1.165, 1.54) is 6.33 Å². The van der Waals surface area contributed by atoms with Crippen molar-refractivity contribution in [1.29, 1.82) is 0 Å². The van der Waals surface area contributed by atoms with Gasteiger partial charge in [0.1, 0.15) is 12.4 Å². The molecule has 0 bridgehead atoms. The van der Waals surface area contributed by atoms with Crippen LogP contribution in [0.5, 0.6) is 5.88 Å². The molecule has 8 heteroatoms. The van der Waals surface area contributed by atoms with Gasteiger partial charge in [0.2, 0.25) is 5.82 Å². The fraction of sp³-hybridized carbons (Fsp3) is 0.333. The molecule has 1 fully saturated rings. The maximum atomic E-state index is 14.3. The number of halogens is 1. The zero-order chi connectivity index (χ0) is 20.4. The van der Waals surface area contributed by atoms with Crippen LogP contribution < -0.4 is 4.74 Å². The van der Waals surface area contributed by atoms with E-state index in [-0.39, 0.29) is 17.9 Å². The number of carbonyl (C=O) groups excluding carboxylic acids is 1. The van der Waals surface area contributed by atoms with E-state index in [1.807, 2.05) is 44.2 Å². The molecule has 1 atom stereocenters. The largest absolute Gasteiger partial charge is 0.470 e. The predicted molar refractivity (Wildman–Crippen MR) is 105 cm³/mol. The fourth-order valence-corrected chi connectivity index (χ4v) is 3.50. The Balaban J connectivity index is 1.46. The van der Waals surface area contributed by atoms with Crippen molar-refractivity contribution in [3.05, 3.63) is 65.6 Å². The maximum Gasteiger partial charge on any atom is 0.257 e. The van der Waals surface area contributed by atoms with Crippen LogP contribution in [-0.2, 0) is 6.42 Å². The van der Waals surface area contributed by atoms with Crippen LogP contribution in [0.1, 0.15) is 35.1 Å². The van der Waals surface area contributed by atoms with Crippen molar-refractivity contribution in [2.24, 2.45) is 0 Å². The number of aromatic nitrogens is 4. The van der Waals surface area contributed by atoms with Crippen molar-refractivity contribution in [2.75, 3.05) is 13.1 Å². The summed E-state index contributed by atoms with van der Waals surface area (Å²) in [6, 6.07) is 9.67. The highest BCUT2D eigenvalue weighted by Crippen LogP contribution is 2.23. The van der Waals surface area contributed by atoms with Gasteiger partial charge in [0, 0.05) is 13.0 Å². The van der Waals surface area contributed by atoms with Crippen LogP contribution >= 0.6 is 0 Å². The molecule has 0 unspecified atom stereocenters. The third-order valence-corrected chi connectivity index (χ3v) is 5.12. The van der Waals surface area contributed by atoms with E-state index in [1.54, 1.807) is 15.8 Å². The lowest BCUT2D eigenvalue weighted by atomic mass is 10.2.